The number of amides is 1. The first kappa shape index (κ1) is 24.1. The van der Waals surface area contributed by atoms with E-state index in [0.29, 0.717) is 9.99 Å². The largest absolute Gasteiger partial charge is 0.491 e. The number of nitrogens with zero attached hydrogens (tertiary/aromatic N) is 3. The van der Waals surface area contributed by atoms with Crippen LogP contribution in [-0.2, 0) is 16.6 Å². The molecule has 0 saturated heterocycles. The number of hydrogen-bond donors (Lipinski definition) is 1. The van der Waals surface area contributed by atoms with Crippen LogP contribution >= 0.6 is 15.9 Å². The number of ether oxygens (including phenoxy) is 1. The third-order valence-corrected chi connectivity index (χ3v) is 7.47. The highest BCUT2D eigenvalue weighted by atomic mass is 79.9. The third-order valence-electron chi connectivity index (χ3n) is 5.58. The fraction of sp³-hybridized carbons (Fsp3) is 0.125. The molecule has 12 heteroatoms. The fourth-order valence-electron chi connectivity index (χ4n) is 3.91. The van der Waals surface area contributed by atoms with Crippen LogP contribution in [0.3, 0.4) is 0 Å². The van der Waals surface area contributed by atoms with E-state index in [-0.39, 0.29) is 52.7 Å². The van der Waals surface area contributed by atoms with Gasteiger partial charge in [0.25, 0.3) is 15.9 Å². The molecule has 0 fully saturated rings. The second kappa shape index (κ2) is 9.43. The van der Waals surface area contributed by atoms with Gasteiger partial charge in [0.2, 0.25) is 0 Å². The van der Waals surface area contributed by atoms with Crippen LogP contribution in [0.5, 0.6) is 5.75 Å². The number of anilines is 1. The topological polar surface area (TPSA) is 101 Å². The van der Waals surface area contributed by atoms with Crippen molar-refractivity contribution in [2.45, 2.75) is 11.4 Å². The van der Waals surface area contributed by atoms with Crippen LogP contribution in [0.1, 0.15) is 15.9 Å². The Labute approximate surface area is 213 Å². The molecule has 1 aliphatic rings. The zero-order valence-corrected chi connectivity index (χ0v) is 20.8. The van der Waals surface area contributed by atoms with Crippen molar-refractivity contribution in [3.63, 3.8) is 0 Å². The average molecular weight is 575 g/mol. The van der Waals surface area contributed by atoms with E-state index in [1.807, 2.05) is 0 Å². The van der Waals surface area contributed by atoms with Crippen molar-refractivity contribution >= 4 is 48.6 Å². The molecule has 0 saturated carbocycles. The van der Waals surface area contributed by atoms with E-state index in [0.717, 1.165) is 12.1 Å². The molecule has 5 rings (SSSR count). The molecule has 0 unspecified atom stereocenters. The maximum atomic E-state index is 14.5. The lowest BCUT2D eigenvalue weighted by molar-refractivity contribution is 0.0733. The average Bonchev–Trinajstić information content (AvgIpc) is 3.06. The highest BCUT2D eigenvalue weighted by Crippen LogP contribution is 2.31. The summed E-state index contributed by atoms with van der Waals surface area (Å²) in [5.74, 6) is -2.15. The lowest BCUT2D eigenvalue weighted by Gasteiger charge is -2.22. The van der Waals surface area contributed by atoms with E-state index in [1.54, 1.807) is 18.2 Å². The van der Waals surface area contributed by atoms with Crippen molar-refractivity contribution < 1.29 is 26.7 Å². The molecule has 1 aliphatic heterocycles. The summed E-state index contributed by atoms with van der Waals surface area (Å²) in [6.07, 6.45) is 2.84. The molecule has 0 aliphatic carbocycles. The van der Waals surface area contributed by atoms with Crippen molar-refractivity contribution in [3.05, 3.63) is 88.2 Å². The van der Waals surface area contributed by atoms with Crippen molar-refractivity contribution in [1.82, 2.24) is 14.9 Å². The van der Waals surface area contributed by atoms with Gasteiger partial charge in [-0.1, -0.05) is 22.0 Å². The number of benzene rings is 3. The Kier molecular flexibility index (Phi) is 6.31. The van der Waals surface area contributed by atoms with Crippen molar-refractivity contribution in [3.8, 4) is 5.75 Å². The van der Waals surface area contributed by atoms with Gasteiger partial charge in [-0.3, -0.25) is 19.5 Å². The van der Waals surface area contributed by atoms with Crippen LogP contribution in [0.4, 0.5) is 14.5 Å². The first-order valence-electron chi connectivity index (χ1n) is 10.6. The van der Waals surface area contributed by atoms with Crippen molar-refractivity contribution in [2.24, 2.45) is 0 Å². The number of para-hydroxylation sites is 1. The molecule has 8 nitrogen and oxygen atoms in total. The number of hydrogen-bond acceptors (Lipinski definition) is 6. The Balaban J connectivity index is 1.51. The van der Waals surface area contributed by atoms with E-state index in [1.165, 1.54) is 35.5 Å². The maximum Gasteiger partial charge on any atom is 0.264 e. The van der Waals surface area contributed by atoms with Crippen LogP contribution in [0.25, 0.3) is 11.0 Å². The summed E-state index contributed by atoms with van der Waals surface area (Å²) in [4.78, 5) is 23.0. The Morgan fingerprint density at radius 3 is 2.72 bits per heavy atom. The first-order chi connectivity index (χ1) is 17.2. The minimum absolute atomic E-state index is 0.00783. The number of sulfonamides is 1. The smallest absolute Gasteiger partial charge is 0.264 e. The Morgan fingerprint density at radius 1 is 1.08 bits per heavy atom. The van der Waals surface area contributed by atoms with E-state index >= 15 is 0 Å². The molecule has 1 amide bonds. The van der Waals surface area contributed by atoms with Crippen molar-refractivity contribution in [1.29, 1.82) is 0 Å². The molecule has 2 heterocycles. The minimum atomic E-state index is -4.18. The third kappa shape index (κ3) is 4.61. The summed E-state index contributed by atoms with van der Waals surface area (Å²) < 4.78 is 63.2. The highest BCUT2D eigenvalue weighted by Gasteiger charge is 2.27. The zero-order chi connectivity index (χ0) is 25.4. The van der Waals surface area contributed by atoms with E-state index in [2.05, 4.69) is 30.6 Å². The molecule has 36 heavy (non-hydrogen) atoms. The van der Waals surface area contributed by atoms with Gasteiger partial charge in [-0.15, -0.1) is 0 Å². The number of halogens is 3. The summed E-state index contributed by atoms with van der Waals surface area (Å²) in [5.41, 5.74) is 0.669. The van der Waals surface area contributed by atoms with Gasteiger partial charge in [0.15, 0.2) is 0 Å². The molecular weight excluding hydrogens is 558 g/mol. The van der Waals surface area contributed by atoms with Gasteiger partial charge >= 0.3 is 0 Å². The Bertz CT molecular complexity index is 1610. The lowest BCUT2D eigenvalue weighted by atomic mass is 10.1. The number of carbonyl (C=O) groups excluding carboxylic acids is 1. The van der Waals surface area contributed by atoms with E-state index in [4.69, 9.17) is 4.74 Å². The number of nitrogens with one attached hydrogen (secondary N) is 1. The molecule has 0 spiro atoms. The molecule has 3 aromatic carbocycles. The predicted octanol–water partition coefficient (Wildman–Crippen LogP) is 4.51. The summed E-state index contributed by atoms with van der Waals surface area (Å²) in [7, 11) is -4.18. The molecule has 4 aromatic rings. The standard InChI is InChI=1S/C24H17BrF2N4O4S/c25-14-4-5-16(24(32)31-8-9-35-21-12-15(26)11-18(27)17(21)13-31)20(10-14)30-36(33,34)22-3-1-2-19-23(22)29-7-6-28-19/h1-7,10-12,30H,8-9,13H2. The second-order valence-corrected chi connectivity index (χ2v) is 10.5. The van der Waals surface area contributed by atoms with Crippen LogP contribution in [0, 0.1) is 11.6 Å². The van der Waals surface area contributed by atoms with Gasteiger partial charge in [0.05, 0.1) is 29.9 Å². The number of aromatic nitrogens is 2. The summed E-state index contributed by atoms with van der Waals surface area (Å²) >= 11 is 3.31. The van der Waals surface area contributed by atoms with Crippen LogP contribution in [-0.4, -0.2) is 42.3 Å². The monoisotopic (exact) mass is 574 g/mol. The molecule has 1 aromatic heterocycles. The lowest BCUT2D eigenvalue weighted by Crippen LogP contribution is -2.33. The molecular formula is C24H17BrF2N4O4S. The normalized spacial score (nSPS) is 13.6. The predicted molar refractivity (Wildman–Crippen MR) is 131 cm³/mol. The highest BCUT2D eigenvalue weighted by molar-refractivity contribution is 9.10. The quantitative estimate of drug-likeness (QED) is 0.385. The number of rotatable bonds is 4. The molecule has 184 valence electrons. The summed E-state index contributed by atoms with van der Waals surface area (Å²) in [6.45, 7) is -0.0922. The fourth-order valence-corrected chi connectivity index (χ4v) is 5.51. The number of fused-ring (bicyclic) bond motifs is 2. The maximum absolute atomic E-state index is 14.5. The van der Waals surface area contributed by atoms with Gasteiger partial charge < -0.3 is 9.64 Å². The van der Waals surface area contributed by atoms with Gasteiger partial charge in [-0.2, -0.15) is 0 Å². The van der Waals surface area contributed by atoms with E-state index < -0.39 is 27.6 Å². The zero-order valence-electron chi connectivity index (χ0n) is 18.4. The first-order valence-corrected chi connectivity index (χ1v) is 12.9. The van der Waals surface area contributed by atoms with E-state index in [9.17, 15) is 22.0 Å². The summed E-state index contributed by atoms with van der Waals surface area (Å²) in [5, 5.41) is 0. The molecule has 1 N–H and O–H groups in total. The molecule has 0 bridgehead atoms. The van der Waals surface area contributed by atoms with Gasteiger partial charge in [0.1, 0.15) is 34.4 Å². The van der Waals surface area contributed by atoms with Gasteiger partial charge in [0, 0.05) is 34.6 Å². The van der Waals surface area contributed by atoms with Crippen LogP contribution in [0.2, 0.25) is 0 Å². The van der Waals surface area contributed by atoms with Crippen LogP contribution < -0.4 is 9.46 Å². The Hall–Kier alpha value is -3.64. The summed E-state index contributed by atoms with van der Waals surface area (Å²) in [6, 6.07) is 10.9. The second-order valence-electron chi connectivity index (χ2n) is 7.92. The van der Waals surface area contributed by atoms with Crippen molar-refractivity contribution in [2.75, 3.05) is 17.9 Å². The molecule has 0 radical (unpaired) electrons. The van der Waals surface area contributed by atoms with Gasteiger partial charge in [-0.25, -0.2) is 17.2 Å². The Morgan fingerprint density at radius 2 is 1.89 bits per heavy atom. The van der Waals surface area contributed by atoms with Crippen LogP contribution in [0.15, 0.2) is 70.3 Å². The SMILES string of the molecule is O=C(c1ccc(Br)cc1NS(=O)(=O)c1cccc2nccnc12)N1CCOc2cc(F)cc(F)c2C1. The molecule has 0 atom stereocenters. The minimum Gasteiger partial charge on any atom is -0.491 e. The van der Waals surface area contributed by atoms with Gasteiger partial charge in [-0.05, 0) is 30.3 Å². The number of carbonyl (C=O) groups is 1.